The molecule has 0 saturated heterocycles. The highest BCUT2D eigenvalue weighted by molar-refractivity contribution is 6.01. The molecule has 0 aliphatic rings. The zero-order valence-corrected chi connectivity index (χ0v) is 11.1. The molecule has 0 radical (unpaired) electrons. The minimum Gasteiger partial charge on any atom is -0.307 e. The number of amides is 1. The number of nitrogens with one attached hydrogen (secondary N) is 2. The molecule has 0 atom stereocenters. The van der Waals surface area contributed by atoms with E-state index in [-0.39, 0.29) is 5.91 Å². The van der Waals surface area contributed by atoms with Gasteiger partial charge in [0.25, 0.3) is 0 Å². The lowest BCUT2D eigenvalue weighted by atomic mass is 10.1. The average molecular weight is 255 g/mol. The van der Waals surface area contributed by atoms with Crippen molar-refractivity contribution in [2.45, 2.75) is 20.3 Å². The van der Waals surface area contributed by atoms with Crippen LogP contribution < -0.4 is 5.32 Å². The van der Waals surface area contributed by atoms with Gasteiger partial charge in [-0.05, 0) is 25.0 Å². The number of hydrogen-bond donors (Lipinski definition) is 2. The summed E-state index contributed by atoms with van der Waals surface area (Å²) >= 11 is 0. The Bertz CT molecular complexity index is 582. The first kappa shape index (κ1) is 13.1. The van der Waals surface area contributed by atoms with Crippen LogP contribution in [0.1, 0.15) is 23.6 Å². The number of hydrogen-bond acceptors (Lipinski definition) is 2. The highest BCUT2D eigenvalue weighted by atomic mass is 16.1. The second kappa shape index (κ2) is 6.00. The maximum absolute atomic E-state index is 11.8. The number of nitrogens with zero attached hydrogens (tertiary/aromatic N) is 1. The number of aromatic amines is 1. The fourth-order valence-corrected chi connectivity index (χ4v) is 1.70. The Labute approximate surface area is 112 Å². The van der Waals surface area contributed by atoms with Gasteiger partial charge in [-0.2, -0.15) is 5.10 Å². The van der Waals surface area contributed by atoms with Gasteiger partial charge in [0.1, 0.15) is 5.82 Å². The van der Waals surface area contributed by atoms with Crippen molar-refractivity contribution < 1.29 is 4.79 Å². The molecule has 2 aromatic rings. The van der Waals surface area contributed by atoms with Crippen LogP contribution >= 0.6 is 0 Å². The summed E-state index contributed by atoms with van der Waals surface area (Å²) in [6.07, 6.45) is 5.86. The van der Waals surface area contributed by atoms with E-state index in [0.717, 1.165) is 17.5 Å². The molecule has 1 aromatic carbocycles. The number of aromatic nitrogens is 2. The van der Waals surface area contributed by atoms with Gasteiger partial charge >= 0.3 is 0 Å². The first-order valence-corrected chi connectivity index (χ1v) is 6.27. The Balaban J connectivity index is 1.99. The van der Waals surface area contributed by atoms with Crippen molar-refractivity contribution >= 4 is 17.8 Å². The fourth-order valence-electron chi connectivity index (χ4n) is 1.70. The van der Waals surface area contributed by atoms with Crippen LogP contribution in [-0.4, -0.2) is 16.1 Å². The van der Waals surface area contributed by atoms with Crippen molar-refractivity contribution in [1.29, 1.82) is 0 Å². The monoisotopic (exact) mass is 255 g/mol. The van der Waals surface area contributed by atoms with Gasteiger partial charge in [0.05, 0.1) is 6.20 Å². The first-order chi connectivity index (χ1) is 9.19. The third-order valence-corrected chi connectivity index (χ3v) is 2.85. The summed E-state index contributed by atoms with van der Waals surface area (Å²) in [5.41, 5.74) is 3.20. The summed E-state index contributed by atoms with van der Waals surface area (Å²) < 4.78 is 0. The van der Waals surface area contributed by atoms with Crippen molar-refractivity contribution in [2.75, 3.05) is 5.32 Å². The summed E-state index contributed by atoms with van der Waals surface area (Å²) in [7, 11) is 0. The maximum atomic E-state index is 11.8. The Morgan fingerprint density at radius 2 is 2.11 bits per heavy atom. The predicted octanol–water partition coefficient (Wildman–Crippen LogP) is 2.93. The molecule has 2 rings (SSSR count). The molecule has 1 aromatic heterocycles. The van der Waals surface area contributed by atoms with E-state index in [0.29, 0.717) is 5.82 Å². The van der Waals surface area contributed by atoms with Crippen LogP contribution in [0.5, 0.6) is 0 Å². The van der Waals surface area contributed by atoms with Crippen LogP contribution in [0.25, 0.3) is 6.08 Å². The fraction of sp³-hybridized carbons (Fsp3) is 0.200. The summed E-state index contributed by atoms with van der Waals surface area (Å²) in [6.45, 7) is 4.05. The second-order valence-corrected chi connectivity index (χ2v) is 4.36. The van der Waals surface area contributed by atoms with E-state index in [4.69, 9.17) is 0 Å². The van der Waals surface area contributed by atoms with Crippen LogP contribution in [0, 0.1) is 6.92 Å². The molecule has 19 heavy (non-hydrogen) atoms. The van der Waals surface area contributed by atoms with Crippen molar-refractivity contribution in [3.8, 4) is 0 Å². The Morgan fingerprint density at radius 1 is 1.37 bits per heavy atom. The number of rotatable bonds is 4. The zero-order chi connectivity index (χ0) is 13.7. The summed E-state index contributed by atoms with van der Waals surface area (Å²) in [6, 6.07) is 7.99. The molecule has 0 saturated carbocycles. The van der Waals surface area contributed by atoms with E-state index < -0.39 is 0 Å². The van der Waals surface area contributed by atoms with Crippen LogP contribution in [0.15, 0.2) is 36.5 Å². The maximum Gasteiger partial charge on any atom is 0.249 e. The molecule has 0 aliphatic carbocycles. The third-order valence-electron chi connectivity index (χ3n) is 2.85. The Morgan fingerprint density at radius 3 is 2.79 bits per heavy atom. The summed E-state index contributed by atoms with van der Waals surface area (Å²) in [4.78, 5) is 11.8. The van der Waals surface area contributed by atoms with Gasteiger partial charge in [-0.25, -0.2) is 0 Å². The lowest BCUT2D eigenvalue weighted by molar-refractivity contribution is -0.111. The SMILES string of the molecule is CCc1cn[nH]c1NC(=O)/C=C/c1ccc(C)cc1. The smallest absolute Gasteiger partial charge is 0.249 e. The molecule has 1 amide bonds. The number of carbonyl (C=O) groups excluding carboxylic acids is 1. The highest BCUT2D eigenvalue weighted by Gasteiger charge is 2.04. The van der Waals surface area contributed by atoms with E-state index in [9.17, 15) is 4.79 Å². The van der Waals surface area contributed by atoms with Crippen molar-refractivity contribution in [3.05, 3.63) is 53.2 Å². The zero-order valence-electron chi connectivity index (χ0n) is 11.1. The van der Waals surface area contributed by atoms with Gasteiger partial charge in [0.2, 0.25) is 5.91 Å². The van der Waals surface area contributed by atoms with Crippen molar-refractivity contribution in [1.82, 2.24) is 10.2 Å². The quantitative estimate of drug-likeness (QED) is 0.825. The topological polar surface area (TPSA) is 57.8 Å². The van der Waals surface area contributed by atoms with Crippen LogP contribution in [-0.2, 0) is 11.2 Å². The van der Waals surface area contributed by atoms with Gasteiger partial charge in [0.15, 0.2) is 0 Å². The minimum absolute atomic E-state index is 0.167. The van der Waals surface area contributed by atoms with E-state index in [2.05, 4.69) is 15.5 Å². The Hall–Kier alpha value is -2.36. The van der Waals surface area contributed by atoms with Gasteiger partial charge < -0.3 is 5.32 Å². The van der Waals surface area contributed by atoms with E-state index >= 15 is 0 Å². The number of aryl methyl sites for hydroxylation is 2. The van der Waals surface area contributed by atoms with Crippen LogP contribution in [0.4, 0.5) is 5.82 Å². The van der Waals surface area contributed by atoms with Crippen LogP contribution in [0.3, 0.4) is 0 Å². The molecular formula is C15H17N3O. The van der Waals surface area contributed by atoms with Crippen molar-refractivity contribution in [2.24, 2.45) is 0 Å². The number of H-pyrrole nitrogens is 1. The normalized spacial score (nSPS) is 10.8. The molecular weight excluding hydrogens is 238 g/mol. The van der Waals surface area contributed by atoms with E-state index in [1.54, 1.807) is 12.3 Å². The lowest BCUT2D eigenvalue weighted by Crippen LogP contribution is -2.09. The van der Waals surface area contributed by atoms with Gasteiger partial charge in [-0.3, -0.25) is 9.89 Å². The average Bonchev–Trinajstić information content (AvgIpc) is 2.85. The largest absolute Gasteiger partial charge is 0.307 e. The first-order valence-electron chi connectivity index (χ1n) is 6.27. The molecule has 0 aliphatic heterocycles. The lowest BCUT2D eigenvalue weighted by Gasteiger charge is -2.01. The molecule has 2 N–H and O–H groups in total. The molecule has 0 unspecified atom stereocenters. The molecule has 1 heterocycles. The van der Waals surface area contributed by atoms with Gasteiger partial charge in [-0.1, -0.05) is 36.8 Å². The summed E-state index contributed by atoms with van der Waals surface area (Å²) in [5, 5.41) is 9.47. The van der Waals surface area contributed by atoms with Gasteiger partial charge in [0, 0.05) is 11.6 Å². The third kappa shape index (κ3) is 3.55. The second-order valence-electron chi connectivity index (χ2n) is 4.36. The van der Waals surface area contributed by atoms with E-state index in [1.165, 1.54) is 11.6 Å². The predicted molar refractivity (Wildman–Crippen MR) is 76.8 cm³/mol. The molecule has 0 bridgehead atoms. The minimum atomic E-state index is -0.167. The Kier molecular flexibility index (Phi) is 4.13. The molecule has 0 spiro atoms. The van der Waals surface area contributed by atoms with Crippen molar-refractivity contribution in [3.63, 3.8) is 0 Å². The molecule has 0 fully saturated rings. The van der Waals surface area contributed by atoms with Crippen LogP contribution in [0.2, 0.25) is 0 Å². The summed E-state index contributed by atoms with van der Waals surface area (Å²) in [5.74, 6) is 0.501. The molecule has 98 valence electrons. The van der Waals surface area contributed by atoms with E-state index in [1.807, 2.05) is 38.1 Å². The standard InChI is InChI=1S/C15H17N3O/c1-3-13-10-16-18-15(13)17-14(19)9-8-12-6-4-11(2)5-7-12/h4-10H,3H2,1-2H3,(H2,16,17,18,19)/b9-8+. The molecule has 4 nitrogen and oxygen atoms in total. The number of carbonyl (C=O) groups is 1. The number of anilines is 1. The van der Waals surface area contributed by atoms with Gasteiger partial charge in [-0.15, -0.1) is 0 Å². The highest BCUT2D eigenvalue weighted by Crippen LogP contribution is 2.11. The molecule has 4 heteroatoms. The number of benzene rings is 1.